The zero-order chi connectivity index (χ0) is 13.7. The second-order valence-corrected chi connectivity index (χ2v) is 7.60. The van der Waals surface area contributed by atoms with Crippen molar-refractivity contribution in [3.8, 4) is 5.75 Å². The first-order valence-corrected chi connectivity index (χ1v) is 8.74. The highest BCUT2D eigenvalue weighted by atomic mass is 32.2. The maximum absolute atomic E-state index is 12.1. The van der Waals surface area contributed by atoms with Crippen LogP contribution in [0.5, 0.6) is 5.75 Å². The van der Waals surface area contributed by atoms with Crippen molar-refractivity contribution in [1.29, 1.82) is 0 Å². The van der Waals surface area contributed by atoms with Gasteiger partial charge in [0, 0.05) is 0 Å². The first-order chi connectivity index (χ1) is 9.09. The highest BCUT2D eigenvalue weighted by Gasteiger charge is 2.22. The van der Waals surface area contributed by atoms with Crippen LogP contribution in [0.2, 0.25) is 0 Å². The Morgan fingerprint density at radius 1 is 1.26 bits per heavy atom. The quantitative estimate of drug-likeness (QED) is 0.806. The van der Waals surface area contributed by atoms with E-state index in [0.29, 0.717) is 18.1 Å². The average Bonchev–Trinajstić information content (AvgIpc) is 2.89. The first kappa shape index (κ1) is 14.4. The Morgan fingerprint density at radius 3 is 2.68 bits per heavy atom. The number of benzene rings is 1. The number of ether oxygens (including phenoxy) is 1. The van der Waals surface area contributed by atoms with E-state index in [-0.39, 0.29) is 5.75 Å². The zero-order valence-corrected chi connectivity index (χ0v) is 12.3. The molecule has 1 aliphatic carbocycles. The molecular formula is C15H22O3S. The van der Waals surface area contributed by atoms with E-state index in [4.69, 9.17) is 4.74 Å². The fraction of sp³-hybridized carbons (Fsp3) is 0.600. The second-order valence-electron chi connectivity index (χ2n) is 5.37. The number of sulfone groups is 1. The Hall–Kier alpha value is -1.03. The molecule has 0 spiro atoms. The molecular weight excluding hydrogens is 260 g/mol. The van der Waals surface area contributed by atoms with E-state index in [1.165, 1.54) is 12.8 Å². The fourth-order valence-electron chi connectivity index (χ4n) is 2.72. The number of rotatable bonds is 6. The SMILES string of the molecule is COc1cccc(CCS(=O)(=O)CC2CCCC2)c1. The third kappa shape index (κ3) is 4.53. The van der Waals surface area contributed by atoms with Crippen LogP contribution in [0.4, 0.5) is 0 Å². The van der Waals surface area contributed by atoms with Gasteiger partial charge in [0.05, 0.1) is 18.6 Å². The monoisotopic (exact) mass is 282 g/mol. The van der Waals surface area contributed by atoms with Crippen LogP contribution in [0.3, 0.4) is 0 Å². The summed E-state index contributed by atoms with van der Waals surface area (Å²) in [5.41, 5.74) is 1.02. The molecule has 0 radical (unpaired) electrons. The molecule has 2 rings (SSSR count). The summed E-state index contributed by atoms with van der Waals surface area (Å²) in [6.45, 7) is 0. The van der Waals surface area contributed by atoms with Crippen molar-refractivity contribution >= 4 is 9.84 Å². The Kier molecular flexibility index (Phi) is 4.86. The molecule has 1 aromatic carbocycles. The van der Waals surface area contributed by atoms with Crippen LogP contribution < -0.4 is 4.74 Å². The maximum Gasteiger partial charge on any atom is 0.150 e. The summed E-state index contributed by atoms with van der Waals surface area (Å²) >= 11 is 0. The van der Waals surface area contributed by atoms with Crippen molar-refractivity contribution in [2.45, 2.75) is 32.1 Å². The number of hydrogen-bond donors (Lipinski definition) is 0. The smallest absolute Gasteiger partial charge is 0.150 e. The van der Waals surface area contributed by atoms with Crippen molar-refractivity contribution in [2.75, 3.05) is 18.6 Å². The molecule has 0 unspecified atom stereocenters. The molecule has 0 N–H and O–H groups in total. The Labute approximate surface area is 115 Å². The minimum absolute atomic E-state index is 0.247. The minimum Gasteiger partial charge on any atom is -0.497 e. The molecule has 4 heteroatoms. The van der Waals surface area contributed by atoms with Gasteiger partial charge in [-0.3, -0.25) is 0 Å². The lowest BCUT2D eigenvalue weighted by atomic mass is 10.1. The predicted octanol–water partition coefficient (Wildman–Crippen LogP) is 2.84. The molecule has 0 atom stereocenters. The van der Waals surface area contributed by atoms with Gasteiger partial charge in [-0.2, -0.15) is 0 Å². The van der Waals surface area contributed by atoms with Gasteiger partial charge in [-0.1, -0.05) is 25.0 Å². The lowest BCUT2D eigenvalue weighted by Crippen LogP contribution is -2.18. The van der Waals surface area contributed by atoms with Crippen LogP contribution in [0.1, 0.15) is 31.2 Å². The van der Waals surface area contributed by atoms with Crippen LogP contribution in [0.25, 0.3) is 0 Å². The van der Waals surface area contributed by atoms with Gasteiger partial charge in [0.1, 0.15) is 5.75 Å². The van der Waals surface area contributed by atoms with Gasteiger partial charge in [0.2, 0.25) is 0 Å². The average molecular weight is 282 g/mol. The molecule has 1 aromatic rings. The normalized spacial score (nSPS) is 16.7. The van der Waals surface area contributed by atoms with E-state index in [1.807, 2.05) is 24.3 Å². The van der Waals surface area contributed by atoms with Crippen molar-refractivity contribution in [3.63, 3.8) is 0 Å². The van der Waals surface area contributed by atoms with Crippen LogP contribution in [0.15, 0.2) is 24.3 Å². The van der Waals surface area contributed by atoms with Crippen LogP contribution >= 0.6 is 0 Å². The van der Waals surface area contributed by atoms with E-state index >= 15 is 0 Å². The standard InChI is InChI=1S/C15H22O3S/c1-18-15-8-4-7-13(11-15)9-10-19(16,17)12-14-5-2-3-6-14/h4,7-8,11,14H,2-3,5-6,9-10,12H2,1H3. The van der Waals surface area contributed by atoms with Crippen molar-refractivity contribution in [3.05, 3.63) is 29.8 Å². The van der Waals surface area contributed by atoms with E-state index in [2.05, 4.69) is 0 Å². The Bertz CT molecular complexity index is 502. The molecule has 1 fully saturated rings. The van der Waals surface area contributed by atoms with E-state index in [0.717, 1.165) is 24.2 Å². The van der Waals surface area contributed by atoms with Crippen LogP contribution in [-0.2, 0) is 16.3 Å². The molecule has 1 saturated carbocycles. The van der Waals surface area contributed by atoms with E-state index in [9.17, 15) is 8.42 Å². The molecule has 1 aliphatic rings. The van der Waals surface area contributed by atoms with Crippen molar-refractivity contribution < 1.29 is 13.2 Å². The third-order valence-electron chi connectivity index (χ3n) is 3.80. The van der Waals surface area contributed by atoms with Gasteiger partial charge in [-0.05, 0) is 42.9 Å². The van der Waals surface area contributed by atoms with Crippen LogP contribution in [-0.4, -0.2) is 27.0 Å². The summed E-state index contributed by atoms with van der Waals surface area (Å²) in [6, 6.07) is 7.63. The first-order valence-electron chi connectivity index (χ1n) is 6.92. The summed E-state index contributed by atoms with van der Waals surface area (Å²) in [5, 5.41) is 0. The second kappa shape index (κ2) is 6.42. The molecule has 0 amide bonds. The van der Waals surface area contributed by atoms with Gasteiger partial charge in [0.15, 0.2) is 9.84 Å². The highest BCUT2D eigenvalue weighted by Crippen LogP contribution is 2.26. The topological polar surface area (TPSA) is 43.4 Å². The summed E-state index contributed by atoms with van der Waals surface area (Å²) < 4.78 is 29.3. The Balaban J connectivity index is 1.89. The van der Waals surface area contributed by atoms with Gasteiger partial charge >= 0.3 is 0 Å². The van der Waals surface area contributed by atoms with Gasteiger partial charge in [-0.25, -0.2) is 8.42 Å². The van der Waals surface area contributed by atoms with Crippen molar-refractivity contribution in [2.24, 2.45) is 5.92 Å². The molecule has 0 aliphatic heterocycles. The number of hydrogen-bond acceptors (Lipinski definition) is 3. The zero-order valence-electron chi connectivity index (χ0n) is 11.5. The summed E-state index contributed by atoms with van der Waals surface area (Å²) in [5.74, 6) is 1.80. The maximum atomic E-state index is 12.1. The molecule has 106 valence electrons. The third-order valence-corrected chi connectivity index (χ3v) is 5.61. The van der Waals surface area contributed by atoms with Crippen LogP contribution in [0, 0.1) is 5.92 Å². The Morgan fingerprint density at radius 2 is 2.00 bits per heavy atom. The summed E-state index contributed by atoms with van der Waals surface area (Å²) in [7, 11) is -1.30. The van der Waals surface area contributed by atoms with Crippen molar-refractivity contribution in [1.82, 2.24) is 0 Å². The summed E-state index contributed by atoms with van der Waals surface area (Å²) in [6.07, 6.45) is 5.12. The highest BCUT2D eigenvalue weighted by molar-refractivity contribution is 7.91. The van der Waals surface area contributed by atoms with E-state index < -0.39 is 9.84 Å². The van der Waals surface area contributed by atoms with Gasteiger partial charge in [-0.15, -0.1) is 0 Å². The van der Waals surface area contributed by atoms with Gasteiger partial charge in [0.25, 0.3) is 0 Å². The lowest BCUT2D eigenvalue weighted by molar-refractivity contribution is 0.414. The largest absolute Gasteiger partial charge is 0.497 e. The van der Waals surface area contributed by atoms with Gasteiger partial charge < -0.3 is 4.74 Å². The molecule has 0 bridgehead atoms. The molecule has 0 saturated heterocycles. The lowest BCUT2D eigenvalue weighted by Gasteiger charge is -2.10. The minimum atomic E-state index is -2.92. The summed E-state index contributed by atoms with van der Waals surface area (Å²) in [4.78, 5) is 0. The van der Waals surface area contributed by atoms with E-state index in [1.54, 1.807) is 7.11 Å². The molecule has 3 nitrogen and oxygen atoms in total. The number of methoxy groups -OCH3 is 1. The molecule has 0 heterocycles. The molecule has 0 aromatic heterocycles. The number of aryl methyl sites for hydroxylation is 1. The molecule has 19 heavy (non-hydrogen) atoms. The fourth-order valence-corrected chi connectivity index (χ4v) is 4.49. The predicted molar refractivity (Wildman–Crippen MR) is 77.3 cm³/mol.